The number of nitrogens with two attached hydrogens (primary N) is 1. The zero-order valence-electron chi connectivity index (χ0n) is 9.64. The van der Waals surface area contributed by atoms with E-state index in [-0.39, 0.29) is 12.4 Å². The van der Waals surface area contributed by atoms with Crippen LogP contribution >= 0.6 is 0 Å². The van der Waals surface area contributed by atoms with Crippen LogP contribution in [0.25, 0.3) is 10.9 Å². The molecule has 0 saturated carbocycles. The van der Waals surface area contributed by atoms with Crippen LogP contribution in [0, 0.1) is 6.92 Å². The number of benzene rings is 1. The summed E-state index contributed by atoms with van der Waals surface area (Å²) < 4.78 is 2.03. The molecule has 0 bridgehead atoms. The van der Waals surface area contributed by atoms with Crippen LogP contribution in [-0.4, -0.2) is 10.5 Å². The van der Waals surface area contributed by atoms with E-state index in [0.717, 1.165) is 5.52 Å². The molecule has 0 radical (unpaired) electrons. The Morgan fingerprint density at radius 2 is 2.29 bits per heavy atom. The molecule has 2 aromatic rings. The zero-order valence-corrected chi connectivity index (χ0v) is 9.64. The summed E-state index contributed by atoms with van der Waals surface area (Å²) in [6.07, 6.45) is 2.25. The van der Waals surface area contributed by atoms with Crippen LogP contribution < -0.4 is 11.4 Å². The van der Waals surface area contributed by atoms with Gasteiger partial charge in [0, 0.05) is 23.6 Å². The number of hydrogen-bond acceptors (Lipinski definition) is 4. The Bertz CT molecular complexity index is 534. The Morgan fingerprint density at radius 3 is 3.06 bits per heavy atom. The van der Waals surface area contributed by atoms with Gasteiger partial charge in [0.15, 0.2) is 0 Å². The molecule has 90 valence electrons. The van der Waals surface area contributed by atoms with Crippen molar-refractivity contribution in [1.82, 2.24) is 10.2 Å². The number of nitrogens with one attached hydrogen (secondary N) is 1. The van der Waals surface area contributed by atoms with Crippen LogP contribution in [0.15, 0.2) is 30.5 Å². The maximum atomic E-state index is 11.2. The highest BCUT2D eigenvalue weighted by Gasteiger charge is 2.06. The normalized spacial score (nSPS) is 10.7. The summed E-state index contributed by atoms with van der Waals surface area (Å²) in [5, 5.41) is 1.21. The predicted octanol–water partition coefficient (Wildman–Crippen LogP) is 1.26. The van der Waals surface area contributed by atoms with Gasteiger partial charge in [-0.3, -0.25) is 4.79 Å². The molecule has 17 heavy (non-hydrogen) atoms. The third-order valence-corrected chi connectivity index (χ3v) is 2.76. The molecule has 0 aliphatic rings. The summed E-state index contributed by atoms with van der Waals surface area (Å²) in [6.45, 7) is 2.65. The highest BCUT2D eigenvalue weighted by Crippen LogP contribution is 2.19. The first-order chi connectivity index (χ1) is 8.22. The standard InChI is InChI=1S/C12H15N3O2/c1-9-3-2-4-11-10(9)5-7-15(11)8-6-12(16)17-14-13/h2-5,7,14H,6,8,13H2,1H3. The van der Waals surface area contributed by atoms with Crippen LogP contribution in [0.5, 0.6) is 0 Å². The lowest BCUT2D eigenvalue weighted by Gasteiger charge is -2.05. The summed E-state index contributed by atoms with van der Waals surface area (Å²) in [5.74, 6) is 4.52. The lowest BCUT2D eigenvalue weighted by atomic mass is 10.1. The second-order valence-electron chi connectivity index (χ2n) is 3.86. The fourth-order valence-electron chi connectivity index (χ4n) is 1.90. The Morgan fingerprint density at radius 1 is 1.47 bits per heavy atom. The highest BCUT2D eigenvalue weighted by atomic mass is 16.7. The van der Waals surface area contributed by atoms with Crippen molar-refractivity contribution in [1.29, 1.82) is 0 Å². The third-order valence-electron chi connectivity index (χ3n) is 2.76. The minimum atomic E-state index is -0.373. The van der Waals surface area contributed by atoms with Crippen molar-refractivity contribution in [3.05, 3.63) is 36.0 Å². The van der Waals surface area contributed by atoms with Crippen molar-refractivity contribution in [3.8, 4) is 0 Å². The summed E-state index contributed by atoms with van der Waals surface area (Å²) in [6, 6.07) is 8.17. The number of aryl methyl sites for hydroxylation is 2. The van der Waals surface area contributed by atoms with Crippen molar-refractivity contribution in [2.45, 2.75) is 19.9 Å². The van der Waals surface area contributed by atoms with E-state index in [0.29, 0.717) is 6.54 Å². The number of aromatic nitrogens is 1. The first-order valence-electron chi connectivity index (χ1n) is 5.42. The van der Waals surface area contributed by atoms with Gasteiger partial charge in [0.25, 0.3) is 0 Å². The van der Waals surface area contributed by atoms with E-state index in [2.05, 4.69) is 23.9 Å². The average molecular weight is 233 g/mol. The molecule has 0 amide bonds. The quantitative estimate of drug-likeness (QED) is 0.616. The first kappa shape index (κ1) is 11.6. The molecule has 5 heteroatoms. The SMILES string of the molecule is Cc1cccc2c1ccn2CCC(=O)ONN. The van der Waals surface area contributed by atoms with E-state index in [1.165, 1.54) is 10.9 Å². The molecular formula is C12H15N3O2. The molecule has 1 heterocycles. The van der Waals surface area contributed by atoms with Gasteiger partial charge in [-0.2, -0.15) is 0 Å². The summed E-state index contributed by atoms with van der Waals surface area (Å²) in [7, 11) is 0. The van der Waals surface area contributed by atoms with Crippen molar-refractivity contribution < 1.29 is 9.63 Å². The molecule has 1 aromatic carbocycles. The number of rotatable bonds is 4. The maximum Gasteiger partial charge on any atom is 0.328 e. The van der Waals surface area contributed by atoms with Crippen LogP contribution in [0.3, 0.4) is 0 Å². The van der Waals surface area contributed by atoms with E-state index < -0.39 is 0 Å². The Labute approximate surface area is 99.1 Å². The Balaban J connectivity index is 2.14. The predicted molar refractivity (Wildman–Crippen MR) is 64.7 cm³/mol. The second-order valence-corrected chi connectivity index (χ2v) is 3.86. The smallest absolute Gasteiger partial charge is 0.328 e. The zero-order chi connectivity index (χ0) is 12.3. The van der Waals surface area contributed by atoms with E-state index in [4.69, 9.17) is 5.84 Å². The van der Waals surface area contributed by atoms with Gasteiger partial charge in [-0.1, -0.05) is 17.7 Å². The fraction of sp³-hybridized carbons (Fsp3) is 0.250. The molecule has 0 aliphatic heterocycles. The number of hydrogen-bond donors (Lipinski definition) is 2. The minimum Gasteiger partial charge on any atom is -0.356 e. The number of fused-ring (bicyclic) bond motifs is 1. The molecule has 1 aromatic heterocycles. The molecule has 0 spiro atoms. The molecule has 5 nitrogen and oxygen atoms in total. The first-order valence-corrected chi connectivity index (χ1v) is 5.42. The van der Waals surface area contributed by atoms with Gasteiger partial charge in [0.05, 0.1) is 6.42 Å². The fourth-order valence-corrected chi connectivity index (χ4v) is 1.90. The molecule has 0 aliphatic carbocycles. The minimum absolute atomic E-state index is 0.280. The van der Waals surface area contributed by atoms with Crippen LogP contribution in [-0.2, 0) is 16.2 Å². The number of carbonyl (C=O) groups is 1. The van der Waals surface area contributed by atoms with Gasteiger partial charge < -0.3 is 9.40 Å². The van der Waals surface area contributed by atoms with Crippen molar-refractivity contribution in [3.63, 3.8) is 0 Å². The second kappa shape index (κ2) is 4.99. The van der Waals surface area contributed by atoms with E-state index in [9.17, 15) is 4.79 Å². The Hall–Kier alpha value is -1.85. The average Bonchev–Trinajstić information content (AvgIpc) is 2.72. The summed E-state index contributed by atoms with van der Waals surface area (Å²) in [5.41, 5.74) is 4.24. The molecule has 3 N–H and O–H groups in total. The van der Waals surface area contributed by atoms with Gasteiger partial charge in [-0.05, 0) is 24.6 Å². The van der Waals surface area contributed by atoms with Gasteiger partial charge in [0.2, 0.25) is 0 Å². The molecule has 2 rings (SSSR count). The third kappa shape index (κ3) is 2.46. The van der Waals surface area contributed by atoms with Gasteiger partial charge in [-0.25, -0.2) is 5.84 Å². The lowest BCUT2D eigenvalue weighted by molar-refractivity contribution is -0.151. The van der Waals surface area contributed by atoms with E-state index in [1.807, 2.05) is 28.5 Å². The van der Waals surface area contributed by atoms with Gasteiger partial charge in [0.1, 0.15) is 0 Å². The lowest BCUT2D eigenvalue weighted by Crippen LogP contribution is -2.26. The van der Waals surface area contributed by atoms with Crippen LogP contribution in [0.4, 0.5) is 0 Å². The molecule has 0 fully saturated rings. The van der Waals surface area contributed by atoms with Gasteiger partial charge in [-0.15, -0.1) is 0 Å². The molecule has 0 saturated heterocycles. The van der Waals surface area contributed by atoms with E-state index in [1.54, 1.807) is 0 Å². The number of hydrazine groups is 1. The number of carbonyl (C=O) groups excluding carboxylic acids is 1. The Kier molecular flexibility index (Phi) is 3.41. The molecular weight excluding hydrogens is 218 g/mol. The van der Waals surface area contributed by atoms with Crippen molar-refractivity contribution >= 4 is 16.9 Å². The summed E-state index contributed by atoms with van der Waals surface area (Å²) in [4.78, 5) is 15.6. The van der Waals surface area contributed by atoms with Crippen LogP contribution in [0.1, 0.15) is 12.0 Å². The van der Waals surface area contributed by atoms with Crippen molar-refractivity contribution in [2.75, 3.05) is 0 Å². The molecule has 0 atom stereocenters. The van der Waals surface area contributed by atoms with Crippen LogP contribution in [0.2, 0.25) is 0 Å². The summed E-state index contributed by atoms with van der Waals surface area (Å²) >= 11 is 0. The van der Waals surface area contributed by atoms with Gasteiger partial charge >= 0.3 is 5.97 Å². The monoisotopic (exact) mass is 233 g/mol. The topological polar surface area (TPSA) is 69.3 Å². The van der Waals surface area contributed by atoms with E-state index >= 15 is 0 Å². The van der Waals surface area contributed by atoms with Crippen molar-refractivity contribution in [2.24, 2.45) is 5.84 Å². The number of nitrogens with zero attached hydrogens (tertiary/aromatic N) is 1. The largest absolute Gasteiger partial charge is 0.356 e. The highest BCUT2D eigenvalue weighted by molar-refractivity contribution is 5.83. The molecule has 0 unspecified atom stereocenters. The maximum absolute atomic E-state index is 11.2.